The molecule has 1 aromatic heterocycles. The molecule has 0 bridgehead atoms. The monoisotopic (exact) mass is 426 g/mol. The molecule has 3 heterocycles. The normalized spacial score (nSPS) is 20.8. The average molecular weight is 427 g/mol. The van der Waals surface area contributed by atoms with Crippen molar-refractivity contribution in [3.8, 4) is 5.75 Å². The minimum Gasteiger partial charge on any atom is -0.489 e. The summed E-state index contributed by atoms with van der Waals surface area (Å²) in [5.41, 5.74) is 2.90. The number of carbonyl (C=O) groups is 1. The molecule has 0 atom stereocenters. The summed E-state index contributed by atoms with van der Waals surface area (Å²) in [5.74, 6) is 0.891. The highest BCUT2D eigenvalue weighted by Crippen LogP contribution is 2.42. The zero-order valence-electron chi connectivity index (χ0n) is 18.0. The highest BCUT2D eigenvalue weighted by Gasteiger charge is 2.35. The standard InChI is InChI=1S/C23H30N4O2S/c1-23(2)14-17-20(21(28)25-23)30-22(24-17)27-11-12-29-19-13-16(9-10-18(19)27)26(3)15-7-5-4-6-8-15/h9-10,13,15H,4-8,11-12,14H2,1-3H3,(H,25,28). The Morgan fingerprint density at radius 2 is 2.07 bits per heavy atom. The fourth-order valence-electron chi connectivity index (χ4n) is 4.88. The van der Waals surface area contributed by atoms with Crippen molar-refractivity contribution in [1.82, 2.24) is 10.3 Å². The quantitative estimate of drug-likeness (QED) is 0.783. The summed E-state index contributed by atoms with van der Waals surface area (Å²) in [4.78, 5) is 22.7. The van der Waals surface area contributed by atoms with Crippen LogP contribution in [0.1, 0.15) is 61.3 Å². The number of hydrogen-bond donors (Lipinski definition) is 1. The van der Waals surface area contributed by atoms with Gasteiger partial charge in [-0.3, -0.25) is 4.79 Å². The van der Waals surface area contributed by atoms with Crippen molar-refractivity contribution in [3.63, 3.8) is 0 Å². The van der Waals surface area contributed by atoms with E-state index in [1.165, 1.54) is 49.1 Å². The van der Waals surface area contributed by atoms with Gasteiger partial charge in [-0.15, -0.1) is 0 Å². The van der Waals surface area contributed by atoms with E-state index in [1.807, 2.05) is 13.8 Å². The maximum absolute atomic E-state index is 12.5. The van der Waals surface area contributed by atoms with Gasteiger partial charge in [-0.05, 0) is 38.8 Å². The number of nitrogens with one attached hydrogen (secondary N) is 1. The molecule has 160 valence electrons. The fraction of sp³-hybridized carbons (Fsp3) is 0.565. The van der Waals surface area contributed by atoms with Crippen LogP contribution in [0.5, 0.6) is 5.75 Å². The van der Waals surface area contributed by atoms with Crippen molar-refractivity contribution in [1.29, 1.82) is 0 Å². The van der Waals surface area contributed by atoms with Gasteiger partial charge < -0.3 is 19.9 Å². The number of carbonyl (C=O) groups excluding carboxylic acids is 1. The Balaban J connectivity index is 1.43. The van der Waals surface area contributed by atoms with Crippen LogP contribution in [0.15, 0.2) is 18.2 Å². The second-order valence-electron chi connectivity index (χ2n) is 9.34. The first-order valence-electron chi connectivity index (χ1n) is 11.0. The third kappa shape index (κ3) is 3.53. The van der Waals surface area contributed by atoms with Crippen LogP contribution < -0.4 is 19.9 Å². The van der Waals surface area contributed by atoms with Crippen LogP contribution in [-0.4, -0.2) is 42.7 Å². The molecule has 1 N–H and O–H groups in total. The van der Waals surface area contributed by atoms with Crippen molar-refractivity contribution in [2.45, 2.75) is 64.0 Å². The summed E-state index contributed by atoms with van der Waals surface area (Å²) in [6, 6.07) is 7.12. The van der Waals surface area contributed by atoms with Gasteiger partial charge >= 0.3 is 0 Å². The molecule has 2 aliphatic heterocycles. The SMILES string of the molecule is CN(c1ccc2c(c1)OCCN2c1nc2c(s1)C(=O)NC(C)(C)C2)C1CCCCC1. The highest BCUT2D eigenvalue weighted by atomic mass is 32.1. The van der Waals surface area contributed by atoms with E-state index < -0.39 is 0 Å². The van der Waals surface area contributed by atoms with E-state index in [0.717, 1.165) is 40.1 Å². The number of fused-ring (bicyclic) bond motifs is 2. The first kappa shape index (κ1) is 19.7. The molecule has 30 heavy (non-hydrogen) atoms. The van der Waals surface area contributed by atoms with Gasteiger partial charge in [-0.25, -0.2) is 4.98 Å². The first-order valence-corrected chi connectivity index (χ1v) is 11.8. The van der Waals surface area contributed by atoms with E-state index in [4.69, 9.17) is 9.72 Å². The number of amides is 1. The van der Waals surface area contributed by atoms with Crippen LogP contribution >= 0.6 is 11.3 Å². The van der Waals surface area contributed by atoms with Crippen LogP contribution in [0, 0.1) is 0 Å². The zero-order valence-corrected chi connectivity index (χ0v) is 18.8. The Labute approximate surface area is 182 Å². The van der Waals surface area contributed by atoms with Gasteiger partial charge in [0.1, 0.15) is 17.2 Å². The van der Waals surface area contributed by atoms with Crippen molar-refractivity contribution in [3.05, 3.63) is 28.8 Å². The van der Waals surface area contributed by atoms with E-state index >= 15 is 0 Å². The predicted octanol–water partition coefficient (Wildman–Crippen LogP) is 4.51. The van der Waals surface area contributed by atoms with E-state index in [0.29, 0.717) is 12.6 Å². The van der Waals surface area contributed by atoms with Crippen molar-refractivity contribution in [2.75, 3.05) is 30.0 Å². The summed E-state index contributed by atoms with van der Waals surface area (Å²) in [7, 11) is 2.20. The second kappa shape index (κ2) is 7.45. The molecule has 2 aromatic rings. The maximum atomic E-state index is 12.5. The van der Waals surface area contributed by atoms with Gasteiger partial charge in [-0.2, -0.15) is 0 Å². The molecule has 5 rings (SSSR count). The van der Waals surface area contributed by atoms with E-state index in [-0.39, 0.29) is 11.4 Å². The molecule has 0 radical (unpaired) electrons. The molecule has 1 saturated carbocycles. The topological polar surface area (TPSA) is 57.7 Å². The van der Waals surface area contributed by atoms with Crippen LogP contribution in [0.25, 0.3) is 0 Å². The molecule has 1 fully saturated rings. The number of anilines is 3. The van der Waals surface area contributed by atoms with E-state index in [9.17, 15) is 4.79 Å². The lowest BCUT2D eigenvalue weighted by Gasteiger charge is -2.35. The van der Waals surface area contributed by atoms with Gasteiger partial charge in [0, 0.05) is 36.8 Å². The lowest BCUT2D eigenvalue weighted by atomic mass is 9.94. The first-order chi connectivity index (χ1) is 14.4. The summed E-state index contributed by atoms with van der Waals surface area (Å²) >= 11 is 1.48. The minimum absolute atomic E-state index is 0.0112. The van der Waals surface area contributed by atoms with Crippen LogP contribution in [0.4, 0.5) is 16.5 Å². The molecular formula is C23H30N4O2S. The number of aromatic nitrogens is 1. The van der Waals surface area contributed by atoms with Gasteiger partial charge in [0.2, 0.25) is 0 Å². The van der Waals surface area contributed by atoms with E-state index in [2.05, 4.69) is 40.4 Å². The predicted molar refractivity (Wildman–Crippen MR) is 122 cm³/mol. The summed E-state index contributed by atoms with van der Waals surface area (Å²) in [6.07, 6.45) is 7.30. The molecule has 1 aromatic carbocycles. The van der Waals surface area contributed by atoms with Gasteiger partial charge in [-0.1, -0.05) is 30.6 Å². The van der Waals surface area contributed by atoms with Crippen LogP contribution in [-0.2, 0) is 6.42 Å². The second-order valence-corrected chi connectivity index (χ2v) is 10.3. The minimum atomic E-state index is -0.253. The van der Waals surface area contributed by atoms with Crippen LogP contribution in [0.3, 0.4) is 0 Å². The fourth-order valence-corrected chi connectivity index (χ4v) is 5.90. The molecule has 7 heteroatoms. The van der Waals surface area contributed by atoms with E-state index in [1.54, 1.807) is 0 Å². The lowest BCUT2D eigenvalue weighted by Crippen LogP contribution is -2.48. The molecule has 0 unspecified atom stereocenters. The number of ether oxygens (including phenoxy) is 1. The largest absolute Gasteiger partial charge is 0.489 e. The molecule has 1 amide bonds. The number of rotatable bonds is 3. The van der Waals surface area contributed by atoms with Gasteiger partial charge in [0.05, 0.1) is 17.9 Å². The lowest BCUT2D eigenvalue weighted by molar-refractivity contribution is 0.0901. The van der Waals surface area contributed by atoms with Gasteiger partial charge in [0.25, 0.3) is 5.91 Å². The molecule has 0 spiro atoms. The Morgan fingerprint density at radius 3 is 2.87 bits per heavy atom. The summed E-state index contributed by atoms with van der Waals surface area (Å²) in [6.45, 7) is 5.44. The molecule has 1 aliphatic carbocycles. The summed E-state index contributed by atoms with van der Waals surface area (Å²) < 4.78 is 6.04. The van der Waals surface area contributed by atoms with Crippen molar-refractivity contribution >= 4 is 33.8 Å². The van der Waals surface area contributed by atoms with Crippen molar-refractivity contribution < 1.29 is 9.53 Å². The Hall–Kier alpha value is -2.28. The Kier molecular flexibility index (Phi) is 4.88. The molecular weight excluding hydrogens is 396 g/mol. The number of thiazole rings is 1. The smallest absolute Gasteiger partial charge is 0.263 e. The number of hydrogen-bond acceptors (Lipinski definition) is 6. The number of nitrogens with zero attached hydrogens (tertiary/aromatic N) is 3. The maximum Gasteiger partial charge on any atom is 0.263 e. The number of benzene rings is 1. The third-order valence-corrected chi connectivity index (χ3v) is 7.64. The van der Waals surface area contributed by atoms with Crippen molar-refractivity contribution in [2.24, 2.45) is 0 Å². The third-order valence-electron chi connectivity index (χ3n) is 6.52. The summed E-state index contributed by atoms with van der Waals surface area (Å²) in [5, 5.41) is 3.96. The zero-order chi connectivity index (χ0) is 20.9. The highest BCUT2D eigenvalue weighted by molar-refractivity contribution is 7.17. The van der Waals surface area contributed by atoms with Crippen LogP contribution in [0.2, 0.25) is 0 Å². The molecule has 0 saturated heterocycles. The Morgan fingerprint density at radius 1 is 1.27 bits per heavy atom. The Bertz CT molecular complexity index is 964. The average Bonchev–Trinajstić information content (AvgIpc) is 3.16. The molecule has 3 aliphatic rings. The van der Waals surface area contributed by atoms with Gasteiger partial charge in [0.15, 0.2) is 5.13 Å². The molecule has 6 nitrogen and oxygen atoms in total.